The van der Waals surface area contributed by atoms with Crippen LogP contribution in [0.3, 0.4) is 0 Å². The molecule has 0 saturated heterocycles. The van der Waals surface area contributed by atoms with Crippen molar-refractivity contribution in [2.45, 2.75) is 26.9 Å². The third kappa shape index (κ3) is 1.63. The Morgan fingerprint density at radius 2 is 2.27 bits per heavy atom. The number of aryl methyl sites for hydroxylation is 2. The van der Waals surface area contributed by atoms with Crippen LogP contribution in [0.2, 0.25) is 0 Å². The molecule has 2 aromatic rings. The Labute approximate surface area is 89.7 Å². The summed E-state index contributed by atoms with van der Waals surface area (Å²) in [4.78, 5) is 4.61. The molecule has 0 amide bonds. The summed E-state index contributed by atoms with van der Waals surface area (Å²) >= 11 is 0. The largest absolute Gasteiger partial charge is 0.378 e. The number of hydrogen-bond acceptors (Lipinski definition) is 2. The molecule has 2 aromatic heterocycles. The van der Waals surface area contributed by atoms with Gasteiger partial charge in [0.25, 0.3) is 0 Å². The fraction of sp³-hybridized carbons (Fsp3) is 0.417. The molecule has 15 heavy (non-hydrogen) atoms. The number of hydrogen-bond donors (Lipinski definition) is 0. The van der Waals surface area contributed by atoms with Gasteiger partial charge >= 0.3 is 0 Å². The highest BCUT2D eigenvalue weighted by molar-refractivity contribution is 5.50. The number of fused-ring (bicyclic) bond motifs is 1. The van der Waals surface area contributed by atoms with Crippen LogP contribution in [0.25, 0.3) is 5.65 Å². The highest BCUT2D eigenvalue weighted by Gasteiger charge is 2.09. The maximum atomic E-state index is 5.14. The van der Waals surface area contributed by atoms with Crippen LogP contribution < -0.4 is 0 Å². The molecule has 0 aliphatic carbocycles. The van der Waals surface area contributed by atoms with Gasteiger partial charge in [-0.2, -0.15) is 0 Å². The summed E-state index contributed by atoms with van der Waals surface area (Å²) in [5.74, 6) is 0. The lowest BCUT2D eigenvalue weighted by Gasteiger charge is -2.00. The van der Waals surface area contributed by atoms with Crippen molar-refractivity contribution in [1.82, 2.24) is 9.38 Å². The van der Waals surface area contributed by atoms with Crippen LogP contribution in [0.1, 0.15) is 23.9 Å². The third-order valence-corrected chi connectivity index (χ3v) is 2.73. The topological polar surface area (TPSA) is 26.5 Å². The monoisotopic (exact) mass is 204 g/mol. The van der Waals surface area contributed by atoms with Gasteiger partial charge in [-0.05, 0) is 25.0 Å². The first kappa shape index (κ1) is 10.2. The minimum Gasteiger partial charge on any atom is -0.378 e. The quantitative estimate of drug-likeness (QED) is 0.767. The van der Waals surface area contributed by atoms with E-state index >= 15 is 0 Å². The molecule has 3 heteroatoms. The summed E-state index contributed by atoms with van der Waals surface area (Å²) in [5.41, 5.74) is 4.54. The maximum Gasteiger partial charge on any atom is 0.140 e. The number of imidazole rings is 1. The molecular weight excluding hydrogens is 188 g/mol. The lowest BCUT2D eigenvalue weighted by atomic mass is 10.2. The standard InChI is InChI=1S/C12H16N2O/c1-4-10-6-5-7-14-9(2)11(8-15-3)13-12(10)14/h5-7H,4,8H2,1-3H3. The molecule has 80 valence electrons. The second-order valence-corrected chi connectivity index (χ2v) is 3.66. The average molecular weight is 204 g/mol. The van der Waals surface area contributed by atoms with E-state index in [0.29, 0.717) is 6.61 Å². The molecule has 2 heterocycles. The number of pyridine rings is 1. The smallest absolute Gasteiger partial charge is 0.140 e. The first-order chi connectivity index (χ1) is 7.27. The van der Waals surface area contributed by atoms with Gasteiger partial charge in [0.15, 0.2) is 0 Å². The summed E-state index contributed by atoms with van der Waals surface area (Å²) in [6.07, 6.45) is 3.06. The summed E-state index contributed by atoms with van der Waals surface area (Å²) in [6.45, 7) is 4.81. The van der Waals surface area contributed by atoms with E-state index in [-0.39, 0.29) is 0 Å². The van der Waals surface area contributed by atoms with E-state index in [1.54, 1.807) is 7.11 Å². The second-order valence-electron chi connectivity index (χ2n) is 3.66. The molecule has 0 aromatic carbocycles. The zero-order valence-corrected chi connectivity index (χ0v) is 9.45. The van der Waals surface area contributed by atoms with E-state index in [0.717, 1.165) is 17.8 Å². The van der Waals surface area contributed by atoms with Gasteiger partial charge < -0.3 is 9.14 Å². The van der Waals surface area contributed by atoms with E-state index in [1.807, 2.05) is 0 Å². The Kier molecular flexibility index (Phi) is 2.73. The summed E-state index contributed by atoms with van der Waals surface area (Å²) in [5, 5.41) is 0. The van der Waals surface area contributed by atoms with Crippen molar-refractivity contribution in [2.24, 2.45) is 0 Å². The van der Waals surface area contributed by atoms with Crippen LogP contribution in [0.15, 0.2) is 18.3 Å². The fourth-order valence-electron chi connectivity index (χ4n) is 1.84. The minimum absolute atomic E-state index is 0.580. The maximum absolute atomic E-state index is 5.14. The van der Waals surface area contributed by atoms with Crippen molar-refractivity contribution in [1.29, 1.82) is 0 Å². The minimum atomic E-state index is 0.580. The molecule has 0 N–H and O–H groups in total. The Morgan fingerprint density at radius 3 is 2.93 bits per heavy atom. The molecule has 0 atom stereocenters. The highest BCUT2D eigenvalue weighted by atomic mass is 16.5. The molecule has 0 fully saturated rings. The molecule has 3 nitrogen and oxygen atoms in total. The van der Waals surface area contributed by atoms with Gasteiger partial charge in [0.1, 0.15) is 5.65 Å². The molecule has 0 spiro atoms. The van der Waals surface area contributed by atoms with Gasteiger partial charge in [-0.3, -0.25) is 0 Å². The van der Waals surface area contributed by atoms with Crippen LogP contribution in [0.4, 0.5) is 0 Å². The van der Waals surface area contributed by atoms with Crippen LogP contribution in [0, 0.1) is 6.92 Å². The van der Waals surface area contributed by atoms with Crippen LogP contribution in [0.5, 0.6) is 0 Å². The van der Waals surface area contributed by atoms with Crippen molar-refractivity contribution in [3.8, 4) is 0 Å². The van der Waals surface area contributed by atoms with E-state index in [4.69, 9.17) is 4.74 Å². The highest BCUT2D eigenvalue weighted by Crippen LogP contribution is 2.16. The van der Waals surface area contributed by atoms with E-state index < -0.39 is 0 Å². The molecule has 2 rings (SSSR count). The van der Waals surface area contributed by atoms with Gasteiger partial charge in [0.05, 0.1) is 12.3 Å². The number of ether oxygens (including phenoxy) is 1. The van der Waals surface area contributed by atoms with Crippen molar-refractivity contribution < 1.29 is 4.74 Å². The number of methoxy groups -OCH3 is 1. The molecule has 0 aliphatic heterocycles. The van der Waals surface area contributed by atoms with Gasteiger partial charge in [0, 0.05) is 19.0 Å². The number of rotatable bonds is 3. The van der Waals surface area contributed by atoms with Crippen LogP contribution >= 0.6 is 0 Å². The Hall–Kier alpha value is -1.35. The first-order valence-corrected chi connectivity index (χ1v) is 5.22. The van der Waals surface area contributed by atoms with Crippen molar-refractivity contribution in [3.63, 3.8) is 0 Å². The van der Waals surface area contributed by atoms with E-state index in [2.05, 4.69) is 41.6 Å². The summed E-state index contributed by atoms with van der Waals surface area (Å²) < 4.78 is 7.27. The van der Waals surface area contributed by atoms with Crippen molar-refractivity contribution in [3.05, 3.63) is 35.3 Å². The SMILES string of the molecule is CCc1cccn2c(C)c(COC)nc12. The van der Waals surface area contributed by atoms with Crippen molar-refractivity contribution in [2.75, 3.05) is 7.11 Å². The number of nitrogens with zero attached hydrogens (tertiary/aromatic N) is 2. The zero-order chi connectivity index (χ0) is 10.8. The predicted molar refractivity (Wildman–Crippen MR) is 60.0 cm³/mol. The van der Waals surface area contributed by atoms with Gasteiger partial charge in [-0.1, -0.05) is 13.0 Å². The lowest BCUT2D eigenvalue weighted by molar-refractivity contribution is 0.181. The van der Waals surface area contributed by atoms with E-state index in [9.17, 15) is 0 Å². The first-order valence-electron chi connectivity index (χ1n) is 5.22. The summed E-state index contributed by atoms with van der Waals surface area (Å²) in [7, 11) is 1.70. The fourth-order valence-corrected chi connectivity index (χ4v) is 1.84. The van der Waals surface area contributed by atoms with E-state index in [1.165, 1.54) is 11.3 Å². The average Bonchev–Trinajstić information content (AvgIpc) is 2.57. The number of aromatic nitrogens is 2. The Bertz CT molecular complexity index is 474. The lowest BCUT2D eigenvalue weighted by Crippen LogP contribution is -1.92. The van der Waals surface area contributed by atoms with Gasteiger partial charge in [-0.25, -0.2) is 4.98 Å². The van der Waals surface area contributed by atoms with Gasteiger partial charge in [-0.15, -0.1) is 0 Å². The Balaban J connectivity index is 2.64. The van der Waals surface area contributed by atoms with Crippen molar-refractivity contribution >= 4 is 5.65 Å². The molecule has 0 aliphatic rings. The molecule has 0 unspecified atom stereocenters. The molecule has 0 bridgehead atoms. The normalized spacial score (nSPS) is 11.1. The van der Waals surface area contributed by atoms with Crippen LogP contribution in [-0.2, 0) is 17.8 Å². The predicted octanol–water partition coefficient (Wildman–Crippen LogP) is 2.35. The van der Waals surface area contributed by atoms with Gasteiger partial charge in [0.2, 0.25) is 0 Å². The molecule has 0 saturated carbocycles. The van der Waals surface area contributed by atoms with Crippen LogP contribution in [-0.4, -0.2) is 16.5 Å². The molecular formula is C12H16N2O. The molecule has 0 radical (unpaired) electrons. The second kappa shape index (κ2) is 4.03. The third-order valence-electron chi connectivity index (χ3n) is 2.73. The summed E-state index contributed by atoms with van der Waals surface area (Å²) in [6, 6.07) is 4.19. The zero-order valence-electron chi connectivity index (χ0n) is 9.45. The Morgan fingerprint density at radius 1 is 1.47 bits per heavy atom.